The molecule has 1 aromatic heterocycles. The standard InChI is InChI=1S/C18H24N4O3/c23-17(13-7-8-16(20-19-13)21-9-3-4-10-21)22-14-6-2-1-5-12(14)11-15(22)18(24)25/h7-8,12,14-15H,1-6,9-11H2,(H,24,25). The third-order valence-electron chi connectivity index (χ3n) is 5.91. The second-order valence-corrected chi connectivity index (χ2v) is 7.38. The van der Waals surface area contributed by atoms with Gasteiger partial charge in [0.05, 0.1) is 0 Å². The zero-order valence-electron chi connectivity index (χ0n) is 14.3. The third-order valence-corrected chi connectivity index (χ3v) is 5.91. The number of hydrogen-bond donors (Lipinski definition) is 1. The number of rotatable bonds is 3. The maximum atomic E-state index is 13.0. The van der Waals surface area contributed by atoms with Gasteiger partial charge in [0.2, 0.25) is 0 Å². The van der Waals surface area contributed by atoms with E-state index in [-0.39, 0.29) is 17.6 Å². The van der Waals surface area contributed by atoms with Gasteiger partial charge in [-0.2, -0.15) is 0 Å². The molecule has 1 amide bonds. The largest absolute Gasteiger partial charge is 0.480 e. The third kappa shape index (κ3) is 2.96. The molecule has 0 aromatic carbocycles. The first kappa shape index (κ1) is 16.3. The molecule has 1 saturated carbocycles. The summed E-state index contributed by atoms with van der Waals surface area (Å²) in [6, 6.07) is 2.82. The summed E-state index contributed by atoms with van der Waals surface area (Å²) in [5.74, 6) is -0.108. The average Bonchev–Trinajstić information content (AvgIpc) is 3.29. The molecule has 7 heteroatoms. The quantitative estimate of drug-likeness (QED) is 0.902. The summed E-state index contributed by atoms with van der Waals surface area (Å²) in [7, 11) is 0. The van der Waals surface area contributed by atoms with Crippen LogP contribution in [0.5, 0.6) is 0 Å². The van der Waals surface area contributed by atoms with Gasteiger partial charge in [-0.15, -0.1) is 10.2 Å². The topological polar surface area (TPSA) is 86.6 Å². The van der Waals surface area contributed by atoms with Crippen molar-refractivity contribution in [2.45, 2.75) is 57.0 Å². The van der Waals surface area contributed by atoms with Crippen LogP contribution in [0.3, 0.4) is 0 Å². The zero-order valence-corrected chi connectivity index (χ0v) is 14.3. The molecular formula is C18H24N4O3. The molecule has 4 rings (SSSR count). The fraction of sp³-hybridized carbons (Fsp3) is 0.667. The highest BCUT2D eigenvalue weighted by molar-refractivity contribution is 5.95. The Labute approximate surface area is 147 Å². The summed E-state index contributed by atoms with van der Waals surface area (Å²) in [4.78, 5) is 28.4. The van der Waals surface area contributed by atoms with Crippen LogP contribution in [0.2, 0.25) is 0 Å². The number of amides is 1. The van der Waals surface area contributed by atoms with Crippen molar-refractivity contribution < 1.29 is 14.7 Å². The normalized spacial score (nSPS) is 28.9. The maximum absolute atomic E-state index is 13.0. The number of nitrogens with zero attached hydrogens (tertiary/aromatic N) is 4. The molecule has 0 radical (unpaired) electrons. The Bertz CT molecular complexity index is 657. The first-order valence-corrected chi connectivity index (χ1v) is 9.29. The van der Waals surface area contributed by atoms with Gasteiger partial charge in [0.1, 0.15) is 6.04 Å². The predicted molar refractivity (Wildman–Crippen MR) is 91.4 cm³/mol. The summed E-state index contributed by atoms with van der Waals surface area (Å²) in [5, 5.41) is 17.9. The van der Waals surface area contributed by atoms with Crippen LogP contribution in [0, 0.1) is 5.92 Å². The van der Waals surface area contributed by atoms with E-state index in [1.54, 1.807) is 11.0 Å². The molecule has 1 aliphatic carbocycles. The molecule has 0 spiro atoms. The van der Waals surface area contributed by atoms with Gasteiger partial charge in [0.25, 0.3) is 5.91 Å². The highest BCUT2D eigenvalue weighted by Crippen LogP contribution is 2.40. The number of carboxylic acids is 1. The van der Waals surface area contributed by atoms with Crippen molar-refractivity contribution in [2.75, 3.05) is 18.0 Å². The summed E-state index contributed by atoms with van der Waals surface area (Å²) >= 11 is 0. The summed E-state index contributed by atoms with van der Waals surface area (Å²) in [6.45, 7) is 1.94. The number of aliphatic carboxylic acids is 1. The van der Waals surface area contributed by atoms with E-state index >= 15 is 0 Å². The SMILES string of the molecule is O=C(O)C1CC2CCCCC2N1C(=O)c1ccc(N2CCCC2)nn1. The van der Waals surface area contributed by atoms with Crippen LogP contribution in [0.4, 0.5) is 5.82 Å². The predicted octanol–water partition coefficient (Wildman–Crippen LogP) is 1.93. The lowest BCUT2D eigenvalue weighted by Crippen LogP contribution is -2.46. The Morgan fingerprint density at radius 2 is 1.80 bits per heavy atom. The van der Waals surface area contributed by atoms with E-state index in [1.165, 1.54) is 0 Å². The minimum atomic E-state index is -0.913. The number of carbonyl (C=O) groups excluding carboxylic acids is 1. The molecule has 134 valence electrons. The van der Waals surface area contributed by atoms with E-state index < -0.39 is 12.0 Å². The molecule has 0 bridgehead atoms. The molecule has 3 fully saturated rings. The molecule has 3 atom stereocenters. The Morgan fingerprint density at radius 3 is 2.48 bits per heavy atom. The van der Waals surface area contributed by atoms with Crippen LogP contribution in [0.1, 0.15) is 55.4 Å². The molecule has 25 heavy (non-hydrogen) atoms. The lowest BCUT2D eigenvalue weighted by atomic mass is 9.84. The Hall–Kier alpha value is -2.18. The fourth-order valence-corrected chi connectivity index (χ4v) is 4.66. The van der Waals surface area contributed by atoms with Gasteiger partial charge in [-0.05, 0) is 50.2 Å². The Morgan fingerprint density at radius 1 is 1.04 bits per heavy atom. The minimum absolute atomic E-state index is 0.0300. The van der Waals surface area contributed by atoms with E-state index in [0.29, 0.717) is 12.3 Å². The lowest BCUT2D eigenvalue weighted by molar-refractivity contribution is -0.141. The number of likely N-dealkylation sites (tertiary alicyclic amines) is 1. The van der Waals surface area contributed by atoms with Gasteiger partial charge < -0.3 is 14.9 Å². The average molecular weight is 344 g/mol. The zero-order chi connectivity index (χ0) is 17.4. The van der Waals surface area contributed by atoms with Gasteiger partial charge in [-0.1, -0.05) is 12.8 Å². The molecular weight excluding hydrogens is 320 g/mol. The summed E-state index contributed by atoms with van der Waals surface area (Å²) in [5.41, 5.74) is 0.250. The van der Waals surface area contributed by atoms with Crippen LogP contribution in [0.15, 0.2) is 12.1 Å². The van der Waals surface area contributed by atoms with E-state index in [9.17, 15) is 14.7 Å². The van der Waals surface area contributed by atoms with Gasteiger partial charge in [-0.25, -0.2) is 4.79 Å². The van der Waals surface area contributed by atoms with Crippen molar-refractivity contribution in [1.82, 2.24) is 15.1 Å². The molecule has 1 N–H and O–H groups in total. The van der Waals surface area contributed by atoms with Crippen molar-refractivity contribution in [3.63, 3.8) is 0 Å². The van der Waals surface area contributed by atoms with Gasteiger partial charge in [0.15, 0.2) is 11.5 Å². The van der Waals surface area contributed by atoms with Gasteiger partial charge >= 0.3 is 5.97 Å². The van der Waals surface area contributed by atoms with Crippen LogP contribution in [-0.2, 0) is 4.79 Å². The lowest BCUT2D eigenvalue weighted by Gasteiger charge is -2.32. The Balaban J connectivity index is 1.56. The highest BCUT2D eigenvalue weighted by Gasteiger charge is 2.48. The molecule has 2 saturated heterocycles. The van der Waals surface area contributed by atoms with Crippen LogP contribution in [-0.4, -0.2) is 57.3 Å². The first-order chi connectivity index (χ1) is 12.1. The second-order valence-electron chi connectivity index (χ2n) is 7.38. The maximum Gasteiger partial charge on any atom is 0.326 e. The van der Waals surface area contributed by atoms with E-state index in [0.717, 1.165) is 57.4 Å². The van der Waals surface area contributed by atoms with Crippen LogP contribution < -0.4 is 4.90 Å². The second kappa shape index (κ2) is 6.61. The van der Waals surface area contributed by atoms with Crippen LogP contribution in [0.25, 0.3) is 0 Å². The number of fused-ring (bicyclic) bond motifs is 1. The van der Waals surface area contributed by atoms with E-state index in [1.807, 2.05) is 6.07 Å². The number of hydrogen-bond acceptors (Lipinski definition) is 5. The highest BCUT2D eigenvalue weighted by atomic mass is 16.4. The molecule has 3 aliphatic rings. The number of aromatic nitrogens is 2. The van der Waals surface area contributed by atoms with Gasteiger partial charge in [-0.3, -0.25) is 4.79 Å². The van der Waals surface area contributed by atoms with E-state index in [4.69, 9.17) is 0 Å². The fourth-order valence-electron chi connectivity index (χ4n) is 4.66. The molecule has 2 aliphatic heterocycles. The smallest absolute Gasteiger partial charge is 0.326 e. The van der Waals surface area contributed by atoms with Gasteiger partial charge in [0, 0.05) is 19.1 Å². The van der Waals surface area contributed by atoms with Crippen molar-refractivity contribution in [2.24, 2.45) is 5.92 Å². The van der Waals surface area contributed by atoms with Crippen molar-refractivity contribution in [3.05, 3.63) is 17.8 Å². The summed E-state index contributed by atoms with van der Waals surface area (Å²) in [6.07, 6.45) is 6.94. The van der Waals surface area contributed by atoms with E-state index in [2.05, 4.69) is 15.1 Å². The van der Waals surface area contributed by atoms with Crippen molar-refractivity contribution >= 4 is 17.7 Å². The number of carboxylic acid groups (broad SMARTS) is 1. The first-order valence-electron chi connectivity index (χ1n) is 9.29. The van der Waals surface area contributed by atoms with Crippen molar-refractivity contribution in [3.8, 4) is 0 Å². The molecule has 7 nitrogen and oxygen atoms in total. The molecule has 1 aromatic rings. The number of anilines is 1. The molecule has 3 unspecified atom stereocenters. The van der Waals surface area contributed by atoms with Crippen molar-refractivity contribution in [1.29, 1.82) is 0 Å². The number of carbonyl (C=O) groups is 2. The van der Waals surface area contributed by atoms with Crippen LogP contribution >= 0.6 is 0 Å². The monoisotopic (exact) mass is 344 g/mol. The minimum Gasteiger partial charge on any atom is -0.480 e. The molecule has 3 heterocycles. The Kier molecular flexibility index (Phi) is 4.31. The summed E-state index contributed by atoms with van der Waals surface area (Å²) < 4.78 is 0.